The highest BCUT2D eigenvalue weighted by atomic mass is 16.8. The van der Waals surface area contributed by atoms with Gasteiger partial charge in [0.25, 0.3) is 0 Å². The van der Waals surface area contributed by atoms with Gasteiger partial charge in [-0.15, -0.1) is 0 Å². The molecule has 0 aromatic rings. The number of hydrogen-bond acceptors (Lipinski definition) is 16. The van der Waals surface area contributed by atoms with E-state index in [9.17, 15) is 56.2 Å². The van der Waals surface area contributed by atoms with E-state index >= 15 is 0 Å². The van der Waals surface area contributed by atoms with E-state index in [0.717, 1.165) is 0 Å². The molecular formula is C18H34O17. The van der Waals surface area contributed by atoms with Crippen LogP contribution in [-0.2, 0) is 23.7 Å². The van der Waals surface area contributed by atoms with Gasteiger partial charge in [0.05, 0.1) is 19.8 Å². The molecule has 0 aromatic heterocycles. The highest BCUT2D eigenvalue weighted by Gasteiger charge is 2.53. The number of rotatable bonds is 7. The van der Waals surface area contributed by atoms with Crippen LogP contribution in [0.25, 0.3) is 0 Å². The molecule has 13 N–H and O–H groups in total. The van der Waals surface area contributed by atoms with Crippen molar-refractivity contribution in [2.75, 3.05) is 19.8 Å². The van der Waals surface area contributed by atoms with E-state index in [4.69, 9.17) is 23.7 Å². The van der Waals surface area contributed by atoms with E-state index < -0.39 is 112 Å². The zero-order chi connectivity index (χ0) is 25.3. The minimum Gasteiger partial charge on any atom is -0.412 e. The molecule has 0 bridgehead atoms. The summed E-state index contributed by atoms with van der Waals surface area (Å²) in [5.41, 5.74) is 0. The molecular weight excluding hydrogens is 488 g/mol. The third kappa shape index (κ3) is 6.08. The average Bonchev–Trinajstić information content (AvgIpc) is 2.83. The van der Waals surface area contributed by atoms with Crippen LogP contribution < -0.4 is 0 Å². The van der Waals surface area contributed by atoms with Crippen molar-refractivity contribution in [3.05, 3.63) is 0 Å². The summed E-state index contributed by atoms with van der Waals surface area (Å²) in [4.78, 5) is 0. The number of hydrogen-bond donors (Lipinski definition) is 11. The molecule has 0 amide bonds. The fourth-order valence-corrected chi connectivity index (χ4v) is 4.06. The predicted octanol–water partition coefficient (Wildman–Crippen LogP) is -8.40. The van der Waals surface area contributed by atoms with E-state index in [1.165, 1.54) is 0 Å². The van der Waals surface area contributed by atoms with Crippen LogP contribution in [0.4, 0.5) is 0 Å². The van der Waals surface area contributed by atoms with Crippen LogP contribution >= 0.6 is 0 Å². The lowest BCUT2D eigenvalue weighted by Gasteiger charge is -2.47. The van der Waals surface area contributed by atoms with Crippen LogP contribution in [0.3, 0.4) is 0 Å². The first-order valence-electron chi connectivity index (χ1n) is 10.6. The molecule has 17 nitrogen and oxygen atoms in total. The number of ether oxygens (including phenoxy) is 5. The summed E-state index contributed by atoms with van der Waals surface area (Å²) in [5.74, 6) is 0. The lowest BCUT2D eigenvalue weighted by Crippen LogP contribution is -2.66. The zero-order valence-corrected chi connectivity index (χ0v) is 18.2. The van der Waals surface area contributed by atoms with Crippen LogP contribution in [0.1, 0.15) is 0 Å². The van der Waals surface area contributed by atoms with Gasteiger partial charge in [0.1, 0.15) is 73.2 Å². The Morgan fingerprint density at radius 2 is 0.857 bits per heavy atom. The van der Waals surface area contributed by atoms with Crippen LogP contribution in [0, 0.1) is 0 Å². The molecule has 0 aliphatic carbocycles. The highest BCUT2D eigenvalue weighted by molar-refractivity contribution is 4.96. The predicted molar refractivity (Wildman–Crippen MR) is 105 cm³/mol. The standard InChI is InChI=1S/C18H32O16.H2O/c19-1-4-7(22)8(23)12(27)17(31-4)34-15-6(3-21)32-18(13(28)10(15)25)33-14-5(2-20)30-16(29)11(26)9(14)24;/h4-29H,1-3H2;1H2/t4-,5-,6-,7-,8+,9-,10-,11-,12-,13-,14-,15-,16+,17?,18?;/m1./s1. The maximum atomic E-state index is 10.6. The second-order valence-corrected chi connectivity index (χ2v) is 8.33. The normalized spacial score (nSPS) is 51.0. The highest BCUT2D eigenvalue weighted by Crippen LogP contribution is 2.32. The minimum atomic E-state index is -1.91. The molecule has 208 valence electrons. The molecule has 3 heterocycles. The van der Waals surface area contributed by atoms with Crippen molar-refractivity contribution >= 4 is 0 Å². The lowest BCUT2D eigenvalue weighted by atomic mass is 9.96. The van der Waals surface area contributed by atoms with Crippen molar-refractivity contribution in [2.24, 2.45) is 0 Å². The first-order chi connectivity index (χ1) is 16.0. The Labute approximate surface area is 198 Å². The van der Waals surface area contributed by atoms with E-state index in [1.54, 1.807) is 0 Å². The van der Waals surface area contributed by atoms with Crippen LogP contribution in [0.15, 0.2) is 0 Å². The largest absolute Gasteiger partial charge is 0.412 e. The molecule has 0 spiro atoms. The Morgan fingerprint density at radius 3 is 1.34 bits per heavy atom. The summed E-state index contributed by atoms with van der Waals surface area (Å²) >= 11 is 0. The summed E-state index contributed by atoms with van der Waals surface area (Å²) in [7, 11) is 0. The molecule has 3 aliphatic rings. The summed E-state index contributed by atoms with van der Waals surface area (Å²) in [5, 5.41) is 109. The first kappa shape index (κ1) is 30.5. The molecule has 17 heteroatoms. The Kier molecular flexibility index (Phi) is 11.1. The van der Waals surface area contributed by atoms with Crippen molar-refractivity contribution < 1.29 is 85.3 Å². The van der Waals surface area contributed by atoms with Gasteiger partial charge in [-0.05, 0) is 0 Å². The van der Waals surface area contributed by atoms with E-state index in [-0.39, 0.29) is 5.48 Å². The van der Waals surface area contributed by atoms with Crippen LogP contribution in [0.2, 0.25) is 0 Å². The quantitative estimate of drug-likeness (QED) is 0.148. The van der Waals surface area contributed by atoms with Gasteiger partial charge in [0, 0.05) is 0 Å². The van der Waals surface area contributed by atoms with Gasteiger partial charge in [0.15, 0.2) is 18.9 Å². The van der Waals surface area contributed by atoms with Gasteiger partial charge in [-0.2, -0.15) is 0 Å². The van der Waals surface area contributed by atoms with Gasteiger partial charge in [-0.3, -0.25) is 0 Å². The Morgan fingerprint density at radius 1 is 0.457 bits per heavy atom. The Bertz CT molecular complexity index is 636. The molecule has 3 fully saturated rings. The first-order valence-corrected chi connectivity index (χ1v) is 10.6. The maximum absolute atomic E-state index is 10.6. The summed E-state index contributed by atoms with van der Waals surface area (Å²) in [6.07, 6.45) is -25.1. The van der Waals surface area contributed by atoms with E-state index in [2.05, 4.69) is 0 Å². The summed E-state index contributed by atoms with van der Waals surface area (Å²) in [6.45, 7) is -2.32. The third-order valence-corrected chi connectivity index (χ3v) is 6.09. The topological polar surface area (TPSA) is 300 Å². The monoisotopic (exact) mass is 522 g/mol. The van der Waals surface area contributed by atoms with Crippen molar-refractivity contribution in [1.29, 1.82) is 0 Å². The van der Waals surface area contributed by atoms with Crippen molar-refractivity contribution in [2.45, 2.75) is 92.1 Å². The molecule has 3 saturated heterocycles. The molecule has 0 saturated carbocycles. The van der Waals surface area contributed by atoms with Crippen LogP contribution in [0.5, 0.6) is 0 Å². The second-order valence-electron chi connectivity index (χ2n) is 8.33. The number of aliphatic hydroxyl groups is 11. The SMILES string of the molecule is O.OC[C@H]1OC(O[C@H]2[C@H](O)[C@@H](O)C(O[C@H]3[C@H](O)[C@@H](O)[C@@H](O)O[C@@H]3CO)O[C@@H]2CO)[C@H](O)[C@@H](O)[C@@H]1O. The van der Waals surface area contributed by atoms with E-state index in [1.807, 2.05) is 0 Å². The fraction of sp³-hybridized carbons (Fsp3) is 1.00. The Hall–Kier alpha value is -0.680. The van der Waals surface area contributed by atoms with Crippen molar-refractivity contribution in [3.63, 3.8) is 0 Å². The molecule has 2 unspecified atom stereocenters. The third-order valence-electron chi connectivity index (χ3n) is 6.09. The summed E-state index contributed by atoms with van der Waals surface area (Å²) < 4.78 is 26.4. The number of aliphatic hydroxyl groups excluding tert-OH is 11. The van der Waals surface area contributed by atoms with Gasteiger partial charge < -0.3 is 85.3 Å². The van der Waals surface area contributed by atoms with Gasteiger partial charge in [-0.1, -0.05) is 0 Å². The molecule has 3 aliphatic heterocycles. The van der Waals surface area contributed by atoms with Crippen molar-refractivity contribution in [3.8, 4) is 0 Å². The minimum absolute atomic E-state index is 0. The van der Waals surface area contributed by atoms with Crippen molar-refractivity contribution in [1.82, 2.24) is 0 Å². The average molecular weight is 522 g/mol. The fourth-order valence-electron chi connectivity index (χ4n) is 4.06. The Balaban J connectivity index is 0.00000432. The second kappa shape index (κ2) is 12.7. The summed E-state index contributed by atoms with van der Waals surface area (Å²) in [6, 6.07) is 0. The lowest BCUT2D eigenvalue weighted by molar-refractivity contribution is -0.377. The molecule has 3 rings (SSSR count). The van der Waals surface area contributed by atoms with Crippen LogP contribution in [-0.4, -0.2) is 174 Å². The van der Waals surface area contributed by atoms with Gasteiger partial charge >= 0.3 is 0 Å². The maximum Gasteiger partial charge on any atom is 0.187 e. The smallest absolute Gasteiger partial charge is 0.187 e. The zero-order valence-electron chi connectivity index (χ0n) is 18.2. The van der Waals surface area contributed by atoms with Gasteiger partial charge in [0.2, 0.25) is 0 Å². The molecule has 35 heavy (non-hydrogen) atoms. The van der Waals surface area contributed by atoms with E-state index in [0.29, 0.717) is 0 Å². The van der Waals surface area contributed by atoms with Gasteiger partial charge in [-0.25, -0.2) is 0 Å². The molecule has 15 atom stereocenters. The molecule has 0 radical (unpaired) electrons. The molecule has 0 aromatic carbocycles.